The van der Waals surface area contributed by atoms with E-state index in [-0.39, 0.29) is 25.1 Å². The van der Waals surface area contributed by atoms with Crippen molar-refractivity contribution in [3.63, 3.8) is 0 Å². The zero-order chi connectivity index (χ0) is 13.5. The molecule has 5 heteroatoms. The van der Waals surface area contributed by atoms with Crippen molar-refractivity contribution >= 4 is 11.7 Å². The van der Waals surface area contributed by atoms with Crippen molar-refractivity contribution in [2.24, 2.45) is 0 Å². The van der Waals surface area contributed by atoms with Gasteiger partial charge in [0, 0.05) is 6.61 Å². The van der Waals surface area contributed by atoms with Crippen LogP contribution in [0.5, 0.6) is 5.75 Å². The fourth-order valence-corrected chi connectivity index (χ4v) is 1.89. The Hall–Kier alpha value is -1.75. The molecule has 5 nitrogen and oxygen atoms in total. The molecule has 2 rings (SSSR count). The van der Waals surface area contributed by atoms with E-state index in [9.17, 15) is 4.79 Å². The van der Waals surface area contributed by atoms with Crippen molar-refractivity contribution in [3.8, 4) is 5.75 Å². The van der Waals surface area contributed by atoms with E-state index < -0.39 is 0 Å². The van der Waals surface area contributed by atoms with Gasteiger partial charge >= 0.3 is 5.97 Å². The molecule has 1 atom stereocenters. The van der Waals surface area contributed by atoms with Crippen molar-refractivity contribution in [2.75, 3.05) is 25.6 Å². The third-order valence-electron chi connectivity index (χ3n) is 2.94. The summed E-state index contributed by atoms with van der Waals surface area (Å²) in [4.78, 5) is 11.5. The molecule has 0 amide bonds. The van der Waals surface area contributed by atoms with Gasteiger partial charge in [-0.25, -0.2) is 0 Å². The number of nitrogens with two attached hydrogens (primary N) is 1. The van der Waals surface area contributed by atoms with E-state index in [0.717, 1.165) is 19.4 Å². The number of esters is 1. The minimum absolute atomic E-state index is 0.0645. The van der Waals surface area contributed by atoms with Crippen LogP contribution in [0.25, 0.3) is 0 Å². The van der Waals surface area contributed by atoms with Gasteiger partial charge in [-0.3, -0.25) is 4.79 Å². The van der Waals surface area contributed by atoms with Crippen molar-refractivity contribution in [1.82, 2.24) is 0 Å². The van der Waals surface area contributed by atoms with Gasteiger partial charge in [0.15, 0.2) is 0 Å². The second-order valence-corrected chi connectivity index (χ2v) is 4.45. The normalized spacial score (nSPS) is 18.2. The van der Waals surface area contributed by atoms with E-state index >= 15 is 0 Å². The van der Waals surface area contributed by atoms with Gasteiger partial charge in [0.25, 0.3) is 0 Å². The maximum atomic E-state index is 11.5. The number of ether oxygens (including phenoxy) is 3. The second kappa shape index (κ2) is 6.99. The van der Waals surface area contributed by atoms with Crippen LogP contribution < -0.4 is 10.5 Å². The van der Waals surface area contributed by atoms with Gasteiger partial charge in [0.2, 0.25) is 0 Å². The Morgan fingerprint density at radius 3 is 3.00 bits per heavy atom. The number of benzene rings is 1. The summed E-state index contributed by atoms with van der Waals surface area (Å²) in [5, 5.41) is 0. The summed E-state index contributed by atoms with van der Waals surface area (Å²) >= 11 is 0. The Labute approximate surface area is 112 Å². The fourth-order valence-electron chi connectivity index (χ4n) is 1.89. The number of carbonyl (C=O) groups is 1. The van der Waals surface area contributed by atoms with Gasteiger partial charge in [-0.2, -0.15) is 0 Å². The molecule has 1 heterocycles. The zero-order valence-corrected chi connectivity index (χ0v) is 10.8. The molecule has 1 unspecified atom stereocenters. The van der Waals surface area contributed by atoms with E-state index in [4.69, 9.17) is 19.9 Å². The van der Waals surface area contributed by atoms with Crippen LogP contribution >= 0.6 is 0 Å². The summed E-state index contributed by atoms with van der Waals surface area (Å²) in [5.74, 6) is 0.319. The Morgan fingerprint density at radius 2 is 2.26 bits per heavy atom. The molecule has 2 N–H and O–H groups in total. The number of nitrogen functional groups attached to an aromatic ring is 1. The van der Waals surface area contributed by atoms with E-state index in [1.165, 1.54) is 0 Å². The standard InChI is InChI=1S/C14H19NO4/c15-12-5-1-2-6-13(12)18-9-7-14(16)19-10-11-4-3-8-17-11/h1-2,5-6,11H,3-4,7-10,15H2. The average molecular weight is 265 g/mol. The van der Waals surface area contributed by atoms with Gasteiger partial charge in [-0.05, 0) is 25.0 Å². The SMILES string of the molecule is Nc1ccccc1OCCC(=O)OCC1CCCO1. The van der Waals surface area contributed by atoms with E-state index in [0.29, 0.717) is 18.0 Å². The lowest BCUT2D eigenvalue weighted by Crippen LogP contribution is -2.19. The van der Waals surface area contributed by atoms with Gasteiger partial charge < -0.3 is 19.9 Å². The van der Waals surface area contributed by atoms with Crippen LogP contribution in [0.2, 0.25) is 0 Å². The molecule has 0 aromatic heterocycles. The summed E-state index contributed by atoms with van der Waals surface area (Å²) in [5.41, 5.74) is 6.29. The van der Waals surface area contributed by atoms with Crippen LogP contribution in [0.4, 0.5) is 5.69 Å². The summed E-state index contributed by atoms with van der Waals surface area (Å²) in [6, 6.07) is 7.19. The number of para-hydroxylation sites is 2. The summed E-state index contributed by atoms with van der Waals surface area (Å²) in [6.45, 7) is 1.36. The van der Waals surface area contributed by atoms with E-state index in [2.05, 4.69) is 0 Å². The summed E-state index contributed by atoms with van der Waals surface area (Å²) in [7, 11) is 0. The van der Waals surface area contributed by atoms with E-state index in [1.807, 2.05) is 12.1 Å². The van der Waals surface area contributed by atoms with Crippen LogP contribution in [0.3, 0.4) is 0 Å². The van der Waals surface area contributed by atoms with Crippen LogP contribution in [0, 0.1) is 0 Å². The number of hydrogen-bond acceptors (Lipinski definition) is 5. The highest BCUT2D eigenvalue weighted by molar-refractivity contribution is 5.69. The number of carbonyl (C=O) groups excluding carboxylic acids is 1. The van der Waals surface area contributed by atoms with Gasteiger partial charge in [-0.1, -0.05) is 12.1 Å². The number of hydrogen-bond donors (Lipinski definition) is 1. The summed E-state index contributed by atoms with van der Waals surface area (Å²) < 4.78 is 15.9. The third-order valence-corrected chi connectivity index (χ3v) is 2.94. The summed E-state index contributed by atoms with van der Waals surface area (Å²) in [6.07, 6.45) is 2.28. The number of rotatable bonds is 6. The lowest BCUT2D eigenvalue weighted by atomic mass is 10.2. The van der Waals surface area contributed by atoms with Gasteiger partial charge in [-0.15, -0.1) is 0 Å². The first-order chi connectivity index (χ1) is 9.25. The predicted octanol–water partition coefficient (Wildman–Crippen LogP) is 1.76. The molecule has 0 spiro atoms. The molecule has 1 aliphatic heterocycles. The highest BCUT2D eigenvalue weighted by Crippen LogP contribution is 2.19. The first-order valence-electron chi connectivity index (χ1n) is 6.50. The monoisotopic (exact) mass is 265 g/mol. The molecular weight excluding hydrogens is 246 g/mol. The van der Waals surface area contributed by atoms with Gasteiger partial charge in [0.05, 0.1) is 24.8 Å². The Kier molecular flexibility index (Phi) is 5.03. The molecule has 0 saturated carbocycles. The molecule has 0 bridgehead atoms. The molecule has 0 aliphatic carbocycles. The molecule has 1 aromatic carbocycles. The van der Waals surface area contributed by atoms with Crippen molar-refractivity contribution in [1.29, 1.82) is 0 Å². The van der Waals surface area contributed by atoms with Gasteiger partial charge in [0.1, 0.15) is 12.4 Å². The molecular formula is C14H19NO4. The van der Waals surface area contributed by atoms with Crippen LogP contribution in [0.1, 0.15) is 19.3 Å². The first-order valence-corrected chi connectivity index (χ1v) is 6.50. The van der Waals surface area contributed by atoms with Crippen molar-refractivity contribution in [3.05, 3.63) is 24.3 Å². The lowest BCUT2D eigenvalue weighted by Gasteiger charge is -2.11. The van der Waals surface area contributed by atoms with Crippen molar-refractivity contribution < 1.29 is 19.0 Å². The molecule has 104 valence electrons. The maximum absolute atomic E-state index is 11.5. The minimum atomic E-state index is -0.273. The Morgan fingerprint density at radius 1 is 1.42 bits per heavy atom. The molecule has 1 fully saturated rings. The Balaban J connectivity index is 1.62. The second-order valence-electron chi connectivity index (χ2n) is 4.45. The topological polar surface area (TPSA) is 70.8 Å². The third kappa shape index (κ3) is 4.44. The highest BCUT2D eigenvalue weighted by atomic mass is 16.6. The average Bonchev–Trinajstić information content (AvgIpc) is 2.92. The fraction of sp³-hybridized carbons (Fsp3) is 0.500. The van der Waals surface area contributed by atoms with Crippen molar-refractivity contribution in [2.45, 2.75) is 25.4 Å². The molecule has 1 saturated heterocycles. The number of anilines is 1. The molecule has 1 aliphatic rings. The lowest BCUT2D eigenvalue weighted by molar-refractivity contribution is -0.147. The Bertz CT molecular complexity index is 416. The predicted molar refractivity (Wildman–Crippen MR) is 70.9 cm³/mol. The quantitative estimate of drug-likeness (QED) is 0.627. The van der Waals surface area contributed by atoms with Crippen LogP contribution in [-0.2, 0) is 14.3 Å². The van der Waals surface area contributed by atoms with Crippen LogP contribution in [-0.4, -0.2) is 31.9 Å². The largest absolute Gasteiger partial charge is 0.491 e. The zero-order valence-electron chi connectivity index (χ0n) is 10.8. The minimum Gasteiger partial charge on any atom is -0.491 e. The first kappa shape index (κ1) is 13.7. The molecule has 1 aromatic rings. The van der Waals surface area contributed by atoms with E-state index in [1.54, 1.807) is 12.1 Å². The highest BCUT2D eigenvalue weighted by Gasteiger charge is 2.17. The molecule has 19 heavy (non-hydrogen) atoms. The smallest absolute Gasteiger partial charge is 0.309 e. The van der Waals surface area contributed by atoms with Crippen LogP contribution in [0.15, 0.2) is 24.3 Å². The molecule has 0 radical (unpaired) electrons. The maximum Gasteiger partial charge on any atom is 0.309 e.